The molecule has 0 bridgehead atoms. The van der Waals surface area contributed by atoms with Crippen molar-refractivity contribution >= 4 is 11.7 Å². The summed E-state index contributed by atoms with van der Waals surface area (Å²) in [5.41, 5.74) is 0. The SMILES string of the molecule is CC(=O)N(c1ccccn1)C(C)CN1CCCCC1. The highest BCUT2D eigenvalue weighted by Crippen LogP contribution is 2.16. The highest BCUT2D eigenvalue weighted by molar-refractivity contribution is 5.90. The second-order valence-electron chi connectivity index (χ2n) is 5.29. The first-order valence-electron chi connectivity index (χ1n) is 7.11. The van der Waals surface area contributed by atoms with Crippen molar-refractivity contribution < 1.29 is 4.79 Å². The van der Waals surface area contributed by atoms with E-state index in [0.717, 1.165) is 25.5 Å². The summed E-state index contributed by atoms with van der Waals surface area (Å²) < 4.78 is 0. The Balaban J connectivity index is 2.04. The normalized spacial score (nSPS) is 18.0. The highest BCUT2D eigenvalue weighted by atomic mass is 16.2. The Kier molecular flexibility index (Phi) is 4.91. The fourth-order valence-electron chi connectivity index (χ4n) is 2.79. The molecule has 0 spiro atoms. The highest BCUT2D eigenvalue weighted by Gasteiger charge is 2.22. The predicted molar refractivity (Wildman–Crippen MR) is 77.2 cm³/mol. The van der Waals surface area contributed by atoms with Crippen LogP contribution in [0.15, 0.2) is 24.4 Å². The number of amides is 1. The van der Waals surface area contributed by atoms with Crippen molar-refractivity contribution in [1.29, 1.82) is 0 Å². The molecule has 1 unspecified atom stereocenters. The summed E-state index contributed by atoms with van der Waals surface area (Å²) in [7, 11) is 0. The summed E-state index contributed by atoms with van der Waals surface area (Å²) in [6.07, 6.45) is 5.62. The third kappa shape index (κ3) is 3.77. The van der Waals surface area contributed by atoms with Gasteiger partial charge in [0.05, 0.1) is 0 Å². The van der Waals surface area contributed by atoms with Crippen LogP contribution >= 0.6 is 0 Å². The molecule has 1 fully saturated rings. The molecule has 0 radical (unpaired) electrons. The number of hydrogen-bond acceptors (Lipinski definition) is 3. The number of anilines is 1. The van der Waals surface area contributed by atoms with E-state index >= 15 is 0 Å². The van der Waals surface area contributed by atoms with Crippen molar-refractivity contribution in [2.75, 3.05) is 24.5 Å². The zero-order valence-corrected chi connectivity index (χ0v) is 11.9. The second kappa shape index (κ2) is 6.66. The first-order chi connectivity index (χ1) is 9.18. The number of carbonyl (C=O) groups excluding carboxylic acids is 1. The Morgan fingerprint density at radius 1 is 1.37 bits per heavy atom. The van der Waals surface area contributed by atoms with Crippen LogP contribution in [0, 0.1) is 0 Å². The van der Waals surface area contributed by atoms with Gasteiger partial charge in [-0.3, -0.25) is 9.69 Å². The summed E-state index contributed by atoms with van der Waals surface area (Å²) in [4.78, 5) is 20.4. The molecule has 19 heavy (non-hydrogen) atoms. The smallest absolute Gasteiger partial charge is 0.225 e. The van der Waals surface area contributed by atoms with Crippen molar-refractivity contribution in [1.82, 2.24) is 9.88 Å². The number of likely N-dealkylation sites (tertiary alicyclic amines) is 1. The monoisotopic (exact) mass is 261 g/mol. The van der Waals surface area contributed by atoms with Gasteiger partial charge in [0.25, 0.3) is 0 Å². The van der Waals surface area contributed by atoms with E-state index in [1.54, 1.807) is 18.0 Å². The topological polar surface area (TPSA) is 36.4 Å². The van der Waals surface area contributed by atoms with Crippen LogP contribution in [0.5, 0.6) is 0 Å². The molecule has 2 rings (SSSR count). The van der Waals surface area contributed by atoms with Gasteiger partial charge in [-0.15, -0.1) is 0 Å². The van der Waals surface area contributed by atoms with Crippen molar-refractivity contribution in [2.45, 2.75) is 39.2 Å². The molecule has 4 nitrogen and oxygen atoms in total. The Morgan fingerprint density at radius 2 is 2.11 bits per heavy atom. The molecule has 1 atom stereocenters. The summed E-state index contributed by atoms with van der Waals surface area (Å²) in [6, 6.07) is 5.85. The van der Waals surface area contributed by atoms with Crippen LogP contribution in [-0.2, 0) is 4.79 Å². The van der Waals surface area contributed by atoms with Gasteiger partial charge in [0.2, 0.25) is 5.91 Å². The number of carbonyl (C=O) groups is 1. The molecular formula is C15H23N3O. The number of piperidine rings is 1. The molecule has 0 N–H and O–H groups in total. The summed E-state index contributed by atoms with van der Waals surface area (Å²) in [5, 5.41) is 0. The molecule has 1 saturated heterocycles. The Hall–Kier alpha value is -1.42. The first kappa shape index (κ1) is 14.0. The van der Waals surface area contributed by atoms with Crippen LogP contribution in [0.1, 0.15) is 33.1 Å². The lowest BCUT2D eigenvalue weighted by Gasteiger charge is -2.34. The lowest BCUT2D eigenvalue weighted by atomic mass is 10.1. The molecule has 1 aromatic heterocycles. The number of hydrogen-bond donors (Lipinski definition) is 0. The minimum absolute atomic E-state index is 0.0585. The van der Waals surface area contributed by atoms with E-state index in [1.165, 1.54) is 19.3 Å². The Labute approximate surface area is 115 Å². The molecule has 0 aliphatic carbocycles. The van der Waals surface area contributed by atoms with E-state index in [2.05, 4.69) is 16.8 Å². The van der Waals surface area contributed by atoms with E-state index in [1.807, 2.05) is 18.2 Å². The average Bonchev–Trinajstić information content (AvgIpc) is 2.40. The maximum absolute atomic E-state index is 11.9. The van der Waals surface area contributed by atoms with Gasteiger partial charge in [-0.2, -0.15) is 0 Å². The molecule has 104 valence electrons. The average molecular weight is 261 g/mol. The van der Waals surface area contributed by atoms with Crippen molar-refractivity contribution in [2.24, 2.45) is 0 Å². The lowest BCUT2D eigenvalue weighted by Crippen LogP contribution is -2.46. The van der Waals surface area contributed by atoms with Crippen LogP contribution in [0.3, 0.4) is 0 Å². The summed E-state index contributed by atoms with van der Waals surface area (Å²) >= 11 is 0. The molecule has 0 saturated carbocycles. The third-order valence-corrected chi connectivity index (χ3v) is 3.65. The summed E-state index contributed by atoms with van der Waals surface area (Å²) in [5.74, 6) is 0.808. The van der Waals surface area contributed by atoms with Crippen LogP contribution in [0.2, 0.25) is 0 Å². The maximum atomic E-state index is 11.9. The number of nitrogens with zero attached hydrogens (tertiary/aromatic N) is 3. The van der Waals surface area contributed by atoms with E-state index in [4.69, 9.17) is 0 Å². The largest absolute Gasteiger partial charge is 0.301 e. The van der Waals surface area contributed by atoms with Gasteiger partial charge in [-0.1, -0.05) is 12.5 Å². The maximum Gasteiger partial charge on any atom is 0.225 e. The quantitative estimate of drug-likeness (QED) is 0.834. The molecule has 1 aromatic rings. The van der Waals surface area contributed by atoms with E-state index in [-0.39, 0.29) is 11.9 Å². The van der Waals surface area contributed by atoms with Crippen LogP contribution < -0.4 is 4.90 Å². The van der Waals surface area contributed by atoms with Crippen molar-refractivity contribution in [3.05, 3.63) is 24.4 Å². The van der Waals surface area contributed by atoms with E-state index < -0.39 is 0 Å². The van der Waals surface area contributed by atoms with Crippen LogP contribution in [0.4, 0.5) is 5.82 Å². The molecule has 0 aromatic carbocycles. The van der Waals surface area contributed by atoms with Crippen LogP contribution in [0.25, 0.3) is 0 Å². The minimum Gasteiger partial charge on any atom is -0.301 e. The molecule has 1 aliphatic rings. The standard InChI is InChI=1S/C15H23N3O/c1-13(12-17-10-6-3-7-11-17)18(14(2)19)15-8-4-5-9-16-15/h4-5,8-9,13H,3,6-7,10-12H2,1-2H3. The van der Waals surface area contributed by atoms with Crippen LogP contribution in [-0.4, -0.2) is 41.5 Å². The van der Waals surface area contributed by atoms with E-state index in [0.29, 0.717) is 0 Å². The fourth-order valence-corrected chi connectivity index (χ4v) is 2.79. The first-order valence-corrected chi connectivity index (χ1v) is 7.11. The third-order valence-electron chi connectivity index (χ3n) is 3.65. The molecule has 4 heteroatoms. The van der Waals surface area contributed by atoms with E-state index in [9.17, 15) is 4.79 Å². The number of aromatic nitrogens is 1. The zero-order valence-electron chi connectivity index (χ0n) is 11.9. The minimum atomic E-state index is 0.0585. The molecular weight excluding hydrogens is 238 g/mol. The molecule has 1 amide bonds. The number of rotatable bonds is 4. The van der Waals surface area contributed by atoms with Gasteiger partial charge < -0.3 is 4.90 Å². The lowest BCUT2D eigenvalue weighted by molar-refractivity contribution is -0.117. The van der Waals surface area contributed by atoms with Gasteiger partial charge in [-0.05, 0) is 45.0 Å². The molecule has 1 aliphatic heterocycles. The fraction of sp³-hybridized carbons (Fsp3) is 0.600. The second-order valence-corrected chi connectivity index (χ2v) is 5.29. The zero-order chi connectivity index (χ0) is 13.7. The van der Waals surface area contributed by atoms with Gasteiger partial charge in [0.1, 0.15) is 5.82 Å². The van der Waals surface area contributed by atoms with Crippen molar-refractivity contribution in [3.8, 4) is 0 Å². The predicted octanol–water partition coefficient (Wildman–Crippen LogP) is 2.31. The number of pyridine rings is 1. The molecule has 2 heterocycles. The summed E-state index contributed by atoms with van der Waals surface area (Å²) in [6.45, 7) is 6.94. The Bertz CT molecular complexity index is 401. The van der Waals surface area contributed by atoms with Gasteiger partial charge in [0.15, 0.2) is 0 Å². The van der Waals surface area contributed by atoms with Gasteiger partial charge >= 0.3 is 0 Å². The Morgan fingerprint density at radius 3 is 2.68 bits per heavy atom. The van der Waals surface area contributed by atoms with Gasteiger partial charge in [-0.25, -0.2) is 4.98 Å². The van der Waals surface area contributed by atoms with Gasteiger partial charge in [0, 0.05) is 25.7 Å². The van der Waals surface area contributed by atoms with Crippen molar-refractivity contribution in [3.63, 3.8) is 0 Å².